The summed E-state index contributed by atoms with van der Waals surface area (Å²) in [7, 11) is 1.59. The van der Waals surface area contributed by atoms with E-state index in [1.807, 2.05) is 37.3 Å². The second kappa shape index (κ2) is 5.28. The van der Waals surface area contributed by atoms with Gasteiger partial charge in [-0.25, -0.2) is 0 Å². The average molecular weight is 282 g/mol. The van der Waals surface area contributed by atoms with Gasteiger partial charge in [0.25, 0.3) is 5.89 Å². The molecular weight excluding hydrogens is 268 g/mol. The van der Waals surface area contributed by atoms with Crippen molar-refractivity contribution in [3.8, 4) is 34.3 Å². The van der Waals surface area contributed by atoms with E-state index in [2.05, 4.69) is 10.1 Å². The van der Waals surface area contributed by atoms with Crippen molar-refractivity contribution in [3.05, 3.63) is 48.0 Å². The Morgan fingerprint density at radius 2 is 1.90 bits per heavy atom. The molecule has 3 rings (SSSR count). The number of aryl methyl sites for hydroxylation is 1. The van der Waals surface area contributed by atoms with Gasteiger partial charge in [-0.05, 0) is 31.2 Å². The molecular formula is C16H14N2O3. The first kappa shape index (κ1) is 13.2. The number of benzene rings is 2. The molecule has 1 aromatic heterocycles. The van der Waals surface area contributed by atoms with Crippen LogP contribution in [-0.4, -0.2) is 22.4 Å². The maximum atomic E-state index is 9.92. The van der Waals surface area contributed by atoms with E-state index in [9.17, 15) is 5.11 Å². The summed E-state index contributed by atoms with van der Waals surface area (Å²) in [5.74, 6) is 1.47. The Kier molecular flexibility index (Phi) is 3.31. The van der Waals surface area contributed by atoms with Crippen LogP contribution in [0.1, 0.15) is 5.56 Å². The SMILES string of the molecule is COc1ccccc1-c1noc(-c2cc(C)ccc2O)n1. The summed E-state index contributed by atoms with van der Waals surface area (Å²) in [5.41, 5.74) is 2.26. The zero-order chi connectivity index (χ0) is 14.8. The number of aromatic hydroxyl groups is 1. The van der Waals surface area contributed by atoms with Gasteiger partial charge in [-0.2, -0.15) is 4.98 Å². The van der Waals surface area contributed by atoms with E-state index in [1.54, 1.807) is 19.2 Å². The van der Waals surface area contributed by atoms with Gasteiger partial charge >= 0.3 is 0 Å². The maximum absolute atomic E-state index is 9.92. The predicted octanol–water partition coefficient (Wildman–Crippen LogP) is 3.43. The van der Waals surface area contributed by atoms with Gasteiger partial charge in [0.05, 0.1) is 18.2 Å². The van der Waals surface area contributed by atoms with Gasteiger partial charge in [0, 0.05) is 0 Å². The predicted molar refractivity (Wildman–Crippen MR) is 78.1 cm³/mol. The second-order valence-corrected chi connectivity index (χ2v) is 4.64. The van der Waals surface area contributed by atoms with Crippen molar-refractivity contribution in [3.63, 3.8) is 0 Å². The van der Waals surface area contributed by atoms with Crippen LogP contribution in [0.2, 0.25) is 0 Å². The van der Waals surface area contributed by atoms with E-state index < -0.39 is 0 Å². The van der Waals surface area contributed by atoms with Crippen molar-refractivity contribution < 1.29 is 14.4 Å². The molecule has 21 heavy (non-hydrogen) atoms. The number of rotatable bonds is 3. The molecule has 5 heteroatoms. The molecule has 0 radical (unpaired) electrons. The highest BCUT2D eigenvalue weighted by Gasteiger charge is 2.16. The zero-order valence-corrected chi connectivity index (χ0v) is 11.7. The largest absolute Gasteiger partial charge is 0.507 e. The Morgan fingerprint density at radius 1 is 1.10 bits per heavy atom. The highest BCUT2D eigenvalue weighted by molar-refractivity contribution is 5.68. The lowest BCUT2D eigenvalue weighted by Crippen LogP contribution is -1.88. The van der Waals surface area contributed by atoms with Crippen LogP contribution in [0.3, 0.4) is 0 Å². The third-order valence-corrected chi connectivity index (χ3v) is 3.16. The molecule has 0 fully saturated rings. The number of ether oxygens (including phenoxy) is 1. The topological polar surface area (TPSA) is 68.4 Å². The number of hydrogen-bond donors (Lipinski definition) is 1. The van der Waals surface area contributed by atoms with E-state index in [0.717, 1.165) is 11.1 Å². The van der Waals surface area contributed by atoms with E-state index in [1.165, 1.54) is 0 Å². The molecule has 0 unspecified atom stereocenters. The number of phenols is 1. The Hall–Kier alpha value is -2.82. The standard InChI is InChI=1S/C16H14N2O3/c1-10-7-8-13(19)12(9-10)16-17-15(18-21-16)11-5-3-4-6-14(11)20-2/h3-9,19H,1-2H3. The minimum Gasteiger partial charge on any atom is -0.507 e. The lowest BCUT2D eigenvalue weighted by atomic mass is 10.1. The Balaban J connectivity index is 2.06. The van der Waals surface area contributed by atoms with E-state index >= 15 is 0 Å². The van der Waals surface area contributed by atoms with E-state index in [-0.39, 0.29) is 11.6 Å². The molecule has 2 aromatic carbocycles. The van der Waals surface area contributed by atoms with Crippen molar-refractivity contribution in [1.82, 2.24) is 10.1 Å². The highest BCUT2D eigenvalue weighted by Crippen LogP contribution is 2.32. The maximum Gasteiger partial charge on any atom is 0.262 e. The fraction of sp³-hybridized carbons (Fsp3) is 0.125. The number of aromatic nitrogens is 2. The van der Waals surface area contributed by atoms with Gasteiger partial charge in [0.15, 0.2) is 0 Å². The van der Waals surface area contributed by atoms with Crippen molar-refractivity contribution in [2.75, 3.05) is 7.11 Å². The van der Waals surface area contributed by atoms with Crippen LogP contribution in [0.25, 0.3) is 22.8 Å². The summed E-state index contributed by atoms with van der Waals surface area (Å²) in [6.07, 6.45) is 0. The van der Waals surface area contributed by atoms with Crippen LogP contribution < -0.4 is 4.74 Å². The lowest BCUT2D eigenvalue weighted by molar-refractivity contribution is 0.412. The van der Waals surface area contributed by atoms with Crippen LogP contribution in [0.4, 0.5) is 0 Å². The Labute approximate surface area is 121 Å². The fourth-order valence-electron chi connectivity index (χ4n) is 2.09. The van der Waals surface area contributed by atoms with Crippen molar-refractivity contribution in [1.29, 1.82) is 0 Å². The zero-order valence-electron chi connectivity index (χ0n) is 11.7. The van der Waals surface area contributed by atoms with Gasteiger partial charge in [-0.1, -0.05) is 28.9 Å². The molecule has 0 aliphatic rings. The Morgan fingerprint density at radius 3 is 2.71 bits per heavy atom. The summed E-state index contributed by atoms with van der Waals surface area (Å²) in [4.78, 5) is 4.34. The average Bonchev–Trinajstić information content (AvgIpc) is 2.99. The summed E-state index contributed by atoms with van der Waals surface area (Å²) in [6, 6.07) is 12.6. The molecule has 0 aliphatic heterocycles. The normalized spacial score (nSPS) is 10.6. The van der Waals surface area contributed by atoms with Gasteiger partial charge in [0.1, 0.15) is 11.5 Å². The van der Waals surface area contributed by atoms with E-state index in [0.29, 0.717) is 17.1 Å². The number of hydrogen-bond acceptors (Lipinski definition) is 5. The van der Waals surface area contributed by atoms with Crippen LogP contribution in [0.15, 0.2) is 47.0 Å². The quantitative estimate of drug-likeness (QED) is 0.797. The third-order valence-electron chi connectivity index (χ3n) is 3.16. The molecule has 0 spiro atoms. The number of nitrogens with zero attached hydrogens (tertiary/aromatic N) is 2. The van der Waals surface area contributed by atoms with Crippen molar-refractivity contribution in [2.45, 2.75) is 6.92 Å². The monoisotopic (exact) mass is 282 g/mol. The van der Waals surface area contributed by atoms with Gasteiger partial charge in [-0.15, -0.1) is 0 Å². The first-order valence-electron chi connectivity index (χ1n) is 6.46. The summed E-state index contributed by atoms with van der Waals surface area (Å²) >= 11 is 0. The van der Waals surface area contributed by atoms with Gasteiger partial charge in [-0.3, -0.25) is 0 Å². The van der Waals surface area contributed by atoms with Crippen LogP contribution in [-0.2, 0) is 0 Å². The molecule has 5 nitrogen and oxygen atoms in total. The van der Waals surface area contributed by atoms with E-state index in [4.69, 9.17) is 9.26 Å². The Bertz CT molecular complexity index is 781. The smallest absolute Gasteiger partial charge is 0.262 e. The highest BCUT2D eigenvalue weighted by atomic mass is 16.5. The molecule has 0 aliphatic carbocycles. The number of phenolic OH excluding ortho intramolecular Hbond substituents is 1. The minimum atomic E-state index is 0.107. The van der Waals surface area contributed by atoms with Gasteiger partial charge < -0.3 is 14.4 Å². The molecule has 106 valence electrons. The summed E-state index contributed by atoms with van der Waals surface area (Å²) in [6.45, 7) is 1.93. The van der Waals surface area contributed by atoms with Crippen LogP contribution in [0.5, 0.6) is 11.5 Å². The minimum absolute atomic E-state index is 0.107. The third kappa shape index (κ3) is 2.45. The van der Waals surface area contributed by atoms with Crippen molar-refractivity contribution in [2.24, 2.45) is 0 Å². The summed E-state index contributed by atoms with van der Waals surface area (Å²) < 4.78 is 10.6. The molecule has 1 heterocycles. The lowest BCUT2D eigenvalue weighted by Gasteiger charge is -2.03. The number of para-hydroxylation sites is 1. The number of methoxy groups -OCH3 is 1. The van der Waals surface area contributed by atoms with Crippen molar-refractivity contribution >= 4 is 0 Å². The van der Waals surface area contributed by atoms with Gasteiger partial charge in [0.2, 0.25) is 5.82 Å². The first-order valence-corrected chi connectivity index (χ1v) is 6.46. The molecule has 0 saturated heterocycles. The molecule has 3 aromatic rings. The molecule has 1 N–H and O–H groups in total. The molecule has 0 atom stereocenters. The molecule has 0 bridgehead atoms. The first-order chi connectivity index (χ1) is 10.2. The summed E-state index contributed by atoms with van der Waals surface area (Å²) in [5, 5.41) is 13.9. The second-order valence-electron chi connectivity index (χ2n) is 4.64. The van der Waals surface area contributed by atoms with Crippen LogP contribution in [0, 0.1) is 6.92 Å². The molecule has 0 amide bonds. The molecule has 0 saturated carbocycles. The van der Waals surface area contributed by atoms with Crippen LogP contribution >= 0.6 is 0 Å². The fourth-order valence-corrected chi connectivity index (χ4v) is 2.09.